The number of hydrogen-bond acceptors (Lipinski definition) is 2. The van der Waals surface area contributed by atoms with Crippen molar-refractivity contribution in [3.05, 3.63) is 0 Å². The second kappa shape index (κ2) is 3.48. The van der Waals surface area contributed by atoms with Crippen molar-refractivity contribution in [1.82, 2.24) is 0 Å². The highest BCUT2D eigenvalue weighted by molar-refractivity contribution is 5.90. The highest BCUT2D eigenvalue weighted by Gasteiger charge is 2.03. The Morgan fingerprint density at radius 1 is 1.18 bits per heavy atom. The molecule has 0 rings (SSSR count). The van der Waals surface area contributed by atoms with E-state index in [1.807, 2.05) is 21.1 Å². The largest absolute Gasteiger partial charge is 0.862 e. The summed E-state index contributed by atoms with van der Waals surface area (Å²) in [6, 6.07) is 0. The Hall–Kier alpha value is -0.900. The monoisotopic (exact) mass is 157 g/mol. The molecule has 4 heteroatoms. The van der Waals surface area contributed by atoms with Gasteiger partial charge in [-0.3, -0.25) is 0 Å². The molecule has 0 N–H and O–H groups in total. The minimum atomic E-state index is -0.209. The summed E-state index contributed by atoms with van der Waals surface area (Å²) in [6.45, 7) is 3.12. The van der Waals surface area contributed by atoms with Crippen LogP contribution in [0.3, 0.4) is 0 Å². The van der Waals surface area contributed by atoms with Crippen molar-refractivity contribution in [3.8, 4) is 0 Å². The fourth-order valence-corrected chi connectivity index (χ4v) is 0.684. The second-order valence-corrected chi connectivity index (χ2v) is 3.22. The molecule has 0 unspecified atom stereocenters. The highest BCUT2D eigenvalue weighted by Crippen LogP contribution is 1.93. The topological polar surface area (TPSA) is 47.8 Å². The molecule has 0 aliphatic rings. The summed E-state index contributed by atoms with van der Waals surface area (Å²) < 4.78 is 0.433. The number of aliphatic imine (C=N–C) groups is 1. The van der Waals surface area contributed by atoms with E-state index in [0.29, 0.717) is 10.4 Å². The lowest BCUT2D eigenvalue weighted by Crippen LogP contribution is -2.28. The average molecular weight is 157 g/mol. The van der Waals surface area contributed by atoms with Gasteiger partial charge in [-0.1, -0.05) is 5.10 Å². The molecular weight excluding hydrogens is 142 g/mol. The lowest BCUT2D eigenvalue weighted by molar-refractivity contribution is -0.877. The Labute approximate surface area is 67.5 Å². The van der Waals surface area contributed by atoms with Gasteiger partial charge in [0.25, 0.3) is 0 Å². The molecule has 0 aliphatic carbocycles. The molecule has 0 aliphatic heterocycles. The Kier molecular flexibility index (Phi) is 3.19. The zero-order valence-electron chi connectivity index (χ0n) is 7.75. The summed E-state index contributed by atoms with van der Waals surface area (Å²) in [7, 11) is 5.71. The third kappa shape index (κ3) is 6.99. The van der Waals surface area contributed by atoms with Gasteiger partial charge in [0.2, 0.25) is 0 Å². The first-order chi connectivity index (χ1) is 4.81. The van der Waals surface area contributed by atoms with Crippen LogP contribution in [0, 0.1) is 0 Å². The van der Waals surface area contributed by atoms with E-state index >= 15 is 0 Å². The molecule has 0 spiro atoms. The summed E-state index contributed by atoms with van der Waals surface area (Å²) in [5.41, 5.74) is 0. The van der Waals surface area contributed by atoms with Crippen molar-refractivity contribution >= 4 is 11.7 Å². The molecule has 0 bridgehead atoms. The van der Waals surface area contributed by atoms with Gasteiger partial charge in [-0.05, 0) is 12.8 Å². The van der Waals surface area contributed by atoms with Crippen LogP contribution in [0.4, 0.5) is 0 Å². The third-order valence-electron chi connectivity index (χ3n) is 0.764. The van der Waals surface area contributed by atoms with E-state index in [9.17, 15) is 5.11 Å². The number of amidine groups is 1. The molecule has 0 fully saturated rings. The van der Waals surface area contributed by atoms with Gasteiger partial charge in [0.05, 0.1) is 21.1 Å². The molecule has 4 nitrogen and oxygen atoms in total. The minimum absolute atomic E-state index is 0.209. The molecule has 0 aromatic carbocycles. The fraction of sp³-hybridized carbons (Fsp3) is 0.714. The summed E-state index contributed by atoms with van der Waals surface area (Å²) in [5, 5.41) is 14.6. The van der Waals surface area contributed by atoms with Crippen LogP contribution in [0.5, 0.6) is 0 Å². The summed E-state index contributed by atoms with van der Waals surface area (Å²) >= 11 is 0. The Morgan fingerprint density at radius 3 is 1.91 bits per heavy atom. The van der Waals surface area contributed by atoms with E-state index in [1.165, 1.54) is 6.92 Å². The first-order valence-corrected chi connectivity index (χ1v) is 3.42. The zero-order chi connectivity index (χ0) is 9.07. The van der Waals surface area contributed by atoms with Crippen molar-refractivity contribution in [2.75, 3.05) is 21.1 Å². The predicted octanol–water partition coefficient (Wildman–Crippen LogP) is -0.195. The Balaban J connectivity index is 4.36. The number of rotatable bonds is 1. The van der Waals surface area contributed by atoms with E-state index in [2.05, 4.69) is 10.1 Å². The van der Waals surface area contributed by atoms with E-state index in [1.54, 1.807) is 6.92 Å². The van der Waals surface area contributed by atoms with Gasteiger partial charge in [-0.25, -0.2) is 9.58 Å². The van der Waals surface area contributed by atoms with Gasteiger partial charge in [0, 0.05) is 6.92 Å². The Morgan fingerprint density at radius 2 is 1.64 bits per heavy atom. The van der Waals surface area contributed by atoms with Gasteiger partial charge in [-0.2, -0.15) is 0 Å². The summed E-state index contributed by atoms with van der Waals surface area (Å²) in [5.74, 6) is 0.310. The maximum Gasteiger partial charge on any atom is 0.179 e. The van der Waals surface area contributed by atoms with E-state index in [4.69, 9.17) is 0 Å². The standard InChI is InChI=1S/C7H15N3O/c1-6(8-7(2)11)9-10(3,4)5/h1-5H3. The van der Waals surface area contributed by atoms with Crippen LogP contribution in [0.2, 0.25) is 0 Å². The molecule has 0 saturated carbocycles. The SMILES string of the molecule is CC([O-])=N/C(C)=N\[N+](C)(C)C. The molecule has 0 amide bonds. The molecule has 11 heavy (non-hydrogen) atoms. The average Bonchev–Trinajstić information content (AvgIpc) is 1.53. The van der Waals surface area contributed by atoms with Gasteiger partial charge >= 0.3 is 0 Å². The lowest BCUT2D eigenvalue weighted by Gasteiger charge is -2.15. The van der Waals surface area contributed by atoms with Crippen molar-refractivity contribution < 1.29 is 9.70 Å². The number of hydrogen-bond donors (Lipinski definition) is 0. The molecule has 0 atom stereocenters. The van der Waals surface area contributed by atoms with Crippen LogP contribution in [0.15, 0.2) is 10.1 Å². The van der Waals surface area contributed by atoms with Gasteiger partial charge in [0.15, 0.2) is 5.84 Å². The van der Waals surface area contributed by atoms with Crippen LogP contribution >= 0.6 is 0 Å². The van der Waals surface area contributed by atoms with Crippen molar-refractivity contribution in [3.63, 3.8) is 0 Å². The lowest BCUT2D eigenvalue weighted by atomic mass is 10.6. The molecule has 0 heterocycles. The van der Waals surface area contributed by atoms with Gasteiger partial charge < -0.3 is 5.11 Å². The van der Waals surface area contributed by atoms with E-state index < -0.39 is 0 Å². The van der Waals surface area contributed by atoms with Crippen LogP contribution in [0.25, 0.3) is 0 Å². The molecule has 0 aromatic rings. The smallest absolute Gasteiger partial charge is 0.179 e. The predicted molar refractivity (Wildman–Crippen MR) is 44.3 cm³/mol. The summed E-state index contributed by atoms with van der Waals surface area (Å²) in [6.07, 6.45) is 0. The van der Waals surface area contributed by atoms with Crippen LogP contribution in [-0.4, -0.2) is 37.5 Å². The second-order valence-electron chi connectivity index (χ2n) is 3.22. The molecule has 0 aromatic heterocycles. The molecule has 0 radical (unpaired) electrons. The number of quaternary nitrogens is 1. The molecule has 64 valence electrons. The first-order valence-electron chi connectivity index (χ1n) is 3.42. The van der Waals surface area contributed by atoms with Crippen LogP contribution < -0.4 is 5.11 Å². The van der Waals surface area contributed by atoms with Crippen LogP contribution in [-0.2, 0) is 0 Å². The van der Waals surface area contributed by atoms with Crippen molar-refractivity contribution in [2.24, 2.45) is 10.1 Å². The summed E-state index contributed by atoms with van der Waals surface area (Å²) in [4.78, 5) is 3.66. The zero-order valence-corrected chi connectivity index (χ0v) is 7.75. The minimum Gasteiger partial charge on any atom is -0.862 e. The maximum atomic E-state index is 10.5. The van der Waals surface area contributed by atoms with E-state index in [-0.39, 0.29) is 5.90 Å². The van der Waals surface area contributed by atoms with Crippen LogP contribution in [0.1, 0.15) is 13.8 Å². The fourth-order valence-electron chi connectivity index (χ4n) is 0.684. The molecular formula is C7H15N3O. The Bertz CT molecular complexity index is 184. The highest BCUT2D eigenvalue weighted by atomic mass is 16.3. The number of nitrogens with zero attached hydrogens (tertiary/aromatic N) is 3. The van der Waals surface area contributed by atoms with Crippen molar-refractivity contribution in [2.45, 2.75) is 13.8 Å². The van der Waals surface area contributed by atoms with E-state index in [0.717, 1.165) is 0 Å². The quantitative estimate of drug-likeness (QED) is 0.225. The van der Waals surface area contributed by atoms with Crippen molar-refractivity contribution in [1.29, 1.82) is 0 Å². The normalized spacial score (nSPS) is 15.4. The molecule has 0 saturated heterocycles. The third-order valence-corrected chi connectivity index (χ3v) is 0.764. The first kappa shape index (κ1) is 10.1. The van der Waals surface area contributed by atoms with Gasteiger partial charge in [-0.15, -0.1) is 0 Å². The van der Waals surface area contributed by atoms with Gasteiger partial charge in [0.1, 0.15) is 0 Å². The maximum absolute atomic E-state index is 10.5.